The second-order valence-electron chi connectivity index (χ2n) is 7.88. The third-order valence-electron chi connectivity index (χ3n) is 5.17. The standard InChI is InChI=1S/C16H34O.C12H10.Na.H/c1-3-5-7-9-11-13-15-17-16-14-12-10-8-6-4-2;1-3-7-11(8-4-1)12-9-5-2-6-10-12;;/h3-16H2,1-2H3;1-10H;;. The Kier molecular flexibility index (Phi) is 22.6. The van der Waals surface area contributed by atoms with Crippen LogP contribution in [0.4, 0.5) is 0 Å². The largest absolute Gasteiger partial charge is 0.0622 e. The molecule has 0 aliphatic rings. The molecule has 2 aromatic carbocycles. The van der Waals surface area contributed by atoms with E-state index in [1.54, 1.807) is 0 Å². The second kappa shape index (κ2) is 23.1. The Bertz CT molecular complexity index is 504. The van der Waals surface area contributed by atoms with Crippen molar-refractivity contribution < 1.29 is 4.74 Å². The van der Waals surface area contributed by atoms with E-state index in [9.17, 15) is 0 Å². The zero-order valence-corrected chi connectivity index (χ0v) is 19.1. The number of rotatable bonds is 15. The van der Waals surface area contributed by atoms with Crippen molar-refractivity contribution >= 4 is 29.6 Å². The van der Waals surface area contributed by atoms with E-state index in [1.165, 1.54) is 88.2 Å². The molecule has 0 saturated carbocycles. The summed E-state index contributed by atoms with van der Waals surface area (Å²) in [4.78, 5) is 0. The molecule has 0 saturated heterocycles. The number of ether oxygens (including phenoxy) is 1. The third kappa shape index (κ3) is 17.1. The van der Waals surface area contributed by atoms with Crippen LogP contribution in [-0.4, -0.2) is 42.8 Å². The molecule has 0 bridgehead atoms. The normalized spacial score (nSPS) is 10.1. The monoisotopic (exact) mass is 420 g/mol. The quantitative estimate of drug-likeness (QED) is 0.207. The summed E-state index contributed by atoms with van der Waals surface area (Å²) in [7, 11) is 0. The zero-order chi connectivity index (χ0) is 20.8. The van der Waals surface area contributed by atoms with Gasteiger partial charge in [-0.15, -0.1) is 0 Å². The fourth-order valence-electron chi connectivity index (χ4n) is 3.33. The predicted molar refractivity (Wildman–Crippen MR) is 137 cm³/mol. The number of unbranched alkanes of at least 4 members (excludes halogenated alkanes) is 10. The Labute approximate surface area is 209 Å². The van der Waals surface area contributed by atoms with Crippen LogP contribution in [0.1, 0.15) is 90.9 Å². The maximum absolute atomic E-state index is 5.65. The van der Waals surface area contributed by atoms with E-state index in [4.69, 9.17) is 4.74 Å². The van der Waals surface area contributed by atoms with Crippen LogP contribution in [0.5, 0.6) is 0 Å². The van der Waals surface area contributed by atoms with E-state index in [0.29, 0.717) is 0 Å². The fraction of sp³-hybridized carbons (Fsp3) is 0.571. The molecule has 0 spiro atoms. The molecule has 30 heavy (non-hydrogen) atoms. The summed E-state index contributed by atoms with van der Waals surface area (Å²) in [5, 5.41) is 0. The molecule has 0 fully saturated rings. The van der Waals surface area contributed by atoms with Gasteiger partial charge in [0, 0.05) is 13.2 Å². The minimum Gasteiger partial charge on any atom is -0.0622 e. The topological polar surface area (TPSA) is 9.23 Å². The van der Waals surface area contributed by atoms with Gasteiger partial charge in [0.05, 0.1) is 0 Å². The maximum Gasteiger partial charge on any atom is -0.0184 e. The molecule has 0 aliphatic carbocycles. The van der Waals surface area contributed by atoms with Crippen molar-refractivity contribution in [3.05, 3.63) is 60.7 Å². The number of hydrogen-bond acceptors (Lipinski definition) is 1. The summed E-state index contributed by atoms with van der Waals surface area (Å²) in [5.41, 5.74) is 2.55. The maximum atomic E-state index is 5.65. The summed E-state index contributed by atoms with van der Waals surface area (Å²) in [6.07, 6.45) is 16.3. The molecule has 0 radical (unpaired) electrons. The molecule has 164 valence electrons. The first kappa shape index (κ1) is 29.4. The SMILES string of the molecule is CCCCCCCCOCCCCCCCC.[NaH].c1ccc(-c2ccccc2)cc1. The average Bonchev–Trinajstić information content (AvgIpc) is 2.79. The summed E-state index contributed by atoms with van der Waals surface area (Å²) in [6.45, 7) is 6.51. The predicted octanol–water partition coefficient (Wildman–Crippen LogP) is 8.43. The minimum absolute atomic E-state index is 0. The molecule has 0 amide bonds. The van der Waals surface area contributed by atoms with Crippen molar-refractivity contribution in [3.63, 3.8) is 0 Å². The molecule has 0 heterocycles. The van der Waals surface area contributed by atoms with Crippen LogP contribution >= 0.6 is 0 Å². The van der Waals surface area contributed by atoms with Gasteiger partial charge in [0.1, 0.15) is 0 Å². The van der Waals surface area contributed by atoms with Gasteiger partial charge in [-0.25, -0.2) is 0 Å². The van der Waals surface area contributed by atoms with Gasteiger partial charge in [0.15, 0.2) is 0 Å². The van der Waals surface area contributed by atoms with Gasteiger partial charge in [0.25, 0.3) is 0 Å². The van der Waals surface area contributed by atoms with E-state index in [1.807, 2.05) is 12.1 Å². The van der Waals surface area contributed by atoms with Crippen LogP contribution in [0.15, 0.2) is 60.7 Å². The molecule has 2 heteroatoms. The Morgan fingerprint density at radius 3 is 1.17 bits per heavy atom. The third-order valence-corrected chi connectivity index (χ3v) is 5.17. The minimum atomic E-state index is 0. The smallest absolute Gasteiger partial charge is 0.0184 e. The van der Waals surface area contributed by atoms with Crippen molar-refractivity contribution in [1.29, 1.82) is 0 Å². The van der Waals surface area contributed by atoms with Gasteiger partial charge in [-0.05, 0) is 24.0 Å². The molecule has 2 rings (SSSR count). The van der Waals surface area contributed by atoms with E-state index in [0.717, 1.165) is 13.2 Å². The van der Waals surface area contributed by atoms with Crippen LogP contribution in [0, 0.1) is 0 Å². The van der Waals surface area contributed by atoms with E-state index in [2.05, 4.69) is 62.4 Å². The first-order valence-corrected chi connectivity index (χ1v) is 12.1. The summed E-state index contributed by atoms with van der Waals surface area (Å²) >= 11 is 0. The Morgan fingerprint density at radius 1 is 0.467 bits per heavy atom. The summed E-state index contributed by atoms with van der Waals surface area (Å²) in [6, 6.07) is 20.8. The first-order valence-electron chi connectivity index (χ1n) is 12.1. The molecule has 0 unspecified atom stereocenters. The zero-order valence-electron chi connectivity index (χ0n) is 19.1. The van der Waals surface area contributed by atoms with Gasteiger partial charge in [0.2, 0.25) is 0 Å². The average molecular weight is 421 g/mol. The molecule has 1 nitrogen and oxygen atoms in total. The van der Waals surface area contributed by atoms with Crippen LogP contribution in [0.25, 0.3) is 11.1 Å². The Balaban J connectivity index is 0.000000566. The van der Waals surface area contributed by atoms with Gasteiger partial charge in [-0.3, -0.25) is 0 Å². The number of benzene rings is 2. The van der Waals surface area contributed by atoms with Crippen molar-refractivity contribution in [2.45, 2.75) is 90.9 Å². The van der Waals surface area contributed by atoms with Crippen molar-refractivity contribution in [1.82, 2.24) is 0 Å². The van der Waals surface area contributed by atoms with Gasteiger partial charge in [-0.1, -0.05) is 139 Å². The molecular formula is C28H45NaO. The summed E-state index contributed by atoms with van der Waals surface area (Å²) < 4.78 is 5.65. The Morgan fingerprint density at radius 2 is 0.800 bits per heavy atom. The fourth-order valence-corrected chi connectivity index (χ4v) is 3.33. The van der Waals surface area contributed by atoms with Crippen molar-refractivity contribution in [2.75, 3.05) is 13.2 Å². The summed E-state index contributed by atoms with van der Waals surface area (Å²) in [5.74, 6) is 0. The van der Waals surface area contributed by atoms with Crippen LogP contribution in [0.3, 0.4) is 0 Å². The van der Waals surface area contributed by atoms with Crippen LogP contribution < -0.4 is 0 Å². The molecule has 0 N–H and O–H groups in total. The number of hydrogen-bond donors (Lipinski definition) is 0. The van der Waals surface area contributed by atoms with Gasteiger partial charge in [-0.2, -0.15) is 0 Å². The van der Waals surface area contributed by atoms with Crippen molar-refractivity contribution in [3.8, 4) is 11.1 Å². The first-order chi connectivity index (χ1) is 14.4. The van der Waals surface area contributed by atoms with Gasteiger partial charge < -0.3 is 4.74 Å². The van der Waals surface area contributed by atoms with E-state index < -0.39 is 0 Å². The van der Waals surface area contributed by atoms with E-state index >= 15 is 0 Å². The Hall–Kier alpha value is -0.600. The van der Waals surface area contributed by atoms with E-state index in [-0.39, 0.29) is 29.6 Å². The van der Waals surface area contributed by atoms with Crippen molar-refractivity contribution in [2.24, 2.45) is 0 Å². The molecule has 0 atom stereocenters. The van der Waals surface area contributed by atoms with Crippen LogP contribution in [0.2, 0.25) is 0 Å². The molecular weight excluding hydrogens is 375 g/mol. The molecule has 2 aromatic rings. The molecule has 0 aromatic heterocycles. The van der Waals surface area contributed by atoms with Crippen LogP contribution in [-0.2, 0) is 4.74 Å². The molecule has 0 aliphatic heterocycles. The second-order valence-corrected chi connectivity index (χ2v) is 7.88. The van der Waals surface area contributed by atoms with Gasteiger partial charge >= 0.3 is 29.6 Å².